The van der Waals surface area contributed by atoms with Crippen LogP contribution in [-0.4, -0.2) is 23.8 Å². The number of aromatic nitrogens is 1. The zero-order valence-corrected chi connectivity index (χ0v) is 20.0. The summed E-state index contributed by atoms with van der Waals surface area (Å²) in [5.74, 6) is -2.44. The van der Waals surface area contributed by atoms with E-state index in [0.29, 0.717) is 10.6 Å². The van der Waals surface area contributed by atoms with Crippen LogP contribution in [-0.2, 0) is 27.1 Å². The molecule has 2 N–H and O–H groups in total. The minimum Gasteiger partial charge on any atom is -0.466 e. The van der Waals surface area contributed by atoms with E-state index in [0.717, 1.165) is 43.4 Å². The number of nitrogens with two attached hydrogens (primary N) is 1. The van der Waals surface area contributed by atoms with E-state index in [1.54, 1.807) is 6.07 Å². The van der Waals surface area contributed by atoms with Crippen LogP contribution in [0.3, 0.4) is 0 Å². The van der Waals surface area contributed by atoms with E-state index >= 15 is 0 Å². The summed E-state index contributed by atoms with van der Waals surface area (Å²) in [5, 5.41) is 20.0. The number of rotatable bonds is 5. The molecule has 2 heterocycles. The molecule has 9 heteroatoms. The Morgan fingerprint density at radius 3 is 2.74 bits per heavy atom. The third-order valence-electron chi connectivity index (χ3n) is 6.09. The summed E-state index contributed by atoms with van der Waals surface area (Å²) in [7, 11) is 1.20. The lowest BCUT2D eigenvalue weighted by molar-refractivity contribution is -0.136. The fraction of sp³-hybridized carbons (Fsp3) is 0.308. The van der Waals surface area contributed by atoms with Crippen molar-refractivity contribution >= 4 is 17.7 Å². The standard InChI is InChI=1S/C26H23FN4O3S/c1-33-26(32)23-21(34-24(30)18(13-29)22(23)17-8-5-6-9-19(17)27)14-35-25-16(12-28)11-15-7-3-2-4-10-20(15)31-25/h5-6,8-9,11,22H,2-4,7,10,14,30H2,1H3/t22-/m1/s1. The predicted octanol–water partition coefficient (Wildman–Crippen LogP) is 4.39. The van der Waals surface area contributed by atoms with Crippen LogP contribution in [0.25, 0.3) is 0 Å². The Morgan fingerprint density at radius 1 is 1.26 bits per heavy atom. The van der Waals surface area contributed by atoms with Gasteiger partial charge in [0.05, 0.1) is 29.9 Å². The van der Waals surface area contributed by atoms with Crippen molar-refractivity contribution in [3.05, 3.63) is 81.3 Å². The number of halogens is 1. The van der Waals surface area contributed by atoms with Gasteiger partial charge in [-0.15, -0.1) is 0 Å². The first-order valence-electron chi connectivity index (χ1n) is 11.2. The molecule has 1 aliphatic carbocycles. The lowest BCUT2D eigenvalue weighted by Gasteiger charge is -2.28. The van der Waals surface area contributed by atoms with E-state index in [4.69, 9.17) is 20.2 Å². The molecular weight excluding hydrogens is 467 g/mol. The smallest absolute Gasteiger partial charge is 0.338 e. The lowest BCUT2D eigenvalue weighted by atomic mass is 9.83. The van der Waals surface area contributed by atoms with Crippen molar-refractivity contribution in [1.29, 1.82) is 10.5 Å². The molecule has 0 radical (unpaired) electrons. The van der Waals surface area contributed by atoms with E-state index in [1.165, 1.54) is 37.1 Å². The summed E-state index contributed by atoms with van der Waals surface area (Å²) in [6.45, 7) is 0. The molecule has 1 aliphatic heterocycles. The average molecular weight is 491 g/mol. The van der Waals surface area contributed by atoms with Gasteiger partial charge >= 0.3 is 5.97 Å². The molecule has 4 rings (SSSR count). The van der Waals surface area contributed by atoms with Crippen LogP contribution in [0, 0.1) is 28.5 Å². The number of esters is 1. The number of aryl methyl sites for hydroxylation is 2. The van der Waals surface area contributed by atoms with E-state index in [1.807, 2.05) is 12.1 Å². The SMILES string of the molecule is COC(=O)C1=C(CSc2nc3c(cc2C#N)CCCCC3)OC(N)=C(C#N)[C@H]1c1ccccc1F. The second kappa shape index (κ2) is 10.6. The first-order valence-corrected chi connectivity index (χ1v) is 12.2. The third kappa shape index (κ3) is 4.87. The van der Waals surface area contributed by atoms with E-state index in [2.05, 4.69) is 6.07 Å². The number of ether oxygens (including phenoxy) is 2. The molecule has 35 heavy (non-hydrogen) atoms. The van der Waals surface area contributed by atoms with E-state index < -0.39 is 17.7 Å². The van der Waals surface area contributed by atoms with Crippen molar-refractivity contribution in [3.63, 3.8) is 0 Å². The quantitative estimate of drug-likeness (QED) is 0.372. The van der Waals surface area contributed by atoms with Gasteiger partial charge in [-0.3, -0.25) is 0 Å². The van der Waals surface area contributed by atoms with Crippen molar-refractivity contribution in [2.45, 2.75) is 43.0 Å². The zero-order valence-electron chi connectivity index (χ0n) is 19.1. The molecule has 0 unspecified atom stereocenters. The van der Waals surface area contributed by atoms with Gasteiger partial charge in [0.25, 0.3) is 0 Å². The van der Waals surface area contributed by atoms with Crippen molar-refractivity contribution in [3.8, 4) is 12.1 Å². The third-order valence-corrected chi connectivity index (χ3v) is 7.09. The molecule has 0 saturated heterocycles. The molecule has 178 valence electrons. The number of pyridine rings is 1. The number of methoxy groups -OCH3 is 1. The molecule has 0 bridgehead atoms. The van der Waals surface area contributed by atoms with Gasteiger partial charge in [-0.2, -0.15) is 10.5 Å². The maximum atomic E-state index is 14.8. The number of allylic oxidation sites excluding steroid dienone is 1. The second-order valence-corrected chi connectivity index (χ2v) is 9.15. The molecule has 1 aromatic heterocycles. The summed E-state index contributed by atoms with van der Waals surface area (Å²) >= 11 is 1.22. The van der Waals surface area contributed by atoms with E-state index in [9.17, 15) is 19.7 Å². The predicted molar refractivity (Wildman–Crippen MR) is 127 cm³/mol. The zero-order chi connectivity index (χ0) is 24.9. The average Bonchev–Trinajstić information content (AvgIpc) is 3.11. The van der Waals surface area contributed by atoms with Gasteiger partial charge < -0.3 is 15.2 Å². The highest BCUT2D eigenvalue weighted by Crippen LogP contribution is 2.42. The van der Waals surface area contributed by atoms with Crippen molar-refractivity contribution in [2.24, 2.45) is 5.73 Å². The Bertz CT molecular complexity index is 1320. The topological polar surface area (TPSA) is 122 Å². The monoisotopic (exact) mass is 490 g/mol. The number of carbonyl (C=O) groups excluding carboxylic acids is 1. The van der Waals surface area contributed by atoms with Crippen LogP contribution in [0.2, 0.25) is 0 Å². The normalized spacial score (nSPS) is 17.5. The number of nitriles is 2. The van der Waals surface area contributed by atoms with E-state index in [-0.39, 0.29) is 34.1 Å². The highest BCUT2D eigenvalue weighted by Gasteiger charge is 2.38. The fourth-order valence-electron chi connectivity index (χ4n) is 4.39. The Kier molecular flexibility index (Phi) is 7.38. The van der Waals surface area contributed by atoms with Gasteiger partial charge in [0.1, 0.15) is 34.3 Å². The van der Waals surface area contributed by atoms with Crippen molar-refractivity contribution < 1.29 is 18.7 Å². The molecule has 0 amide bonds. The van der Waals surface area contributed by atoms with Crippen molar-refractivity contribution in [2.75, 3.05) is 12.9 Å². The van der Waals surface area contributed by atoms with Crippen LogP contribution >= 0.6 is 11.8 Å². The molecule has 1 aromatic carbocycles. The van der Waals surface area contributed by atoms with Gasteiger partial charge in [-0.25, -0.2) is 14.2 Å². The van der Waals surface area contributed by atoms with Crippen LogP contribution in [0.4, 0.5) is 4.39 Å². The van der Waals surface area contributed by atoms with Crippen LogP contribution < -0.4 is 5.73 Å². The Morgan fingerprint density at radius 2 is 2.03 bits per heavy atom. The summed E-state index contributed by atoms with van der Waals surface area (Å²) in [6.07, 6.45) is 4.97. The highest BCUT2D eigenvalue weighted by atomic mass is 32.2. The number of thioether (sulfide) groups is 1. The number of carbonyl (C=O) groups is 1. The highest BCUT2D eigenvalue weighted by molar-refractivity contribution is 7.99. The molecule has 0 saturated carbocycles. The molecule has 0 fully saturated rings. The van der Waals surface area contributed by atoms with Gasteiger partial charge in [-0.1, -0.05) is 36.4 Å². The largest absolute Gasteiger partial charge is 0.466 e. The molecule has 0 spiro atoms. The number of nitrogens with zero attached hydrogens (tertiary/aromatic N) is 3. The van der Waals surface area contributed by atoms with Crippen LogP contribution in [0.1, 0.15) is 47.6 Å². The van der Waals surface area contributed by atoms with Crippen LogP contribution in [0.5, 0.6) is 0 Å². The number of hydrogen-bond donors (Lipinski definition) is 1. The fourth-order valence-corrected chi connectivity index (χ4v) is 5.31. The van der Waals surface area contributed by atoms with Gasteiger partial charge in [0.2, 0.25) is 5.88 Å². The minimum atomic E-state index is -1.09. The molecule has 2 aromatic rings. The molecule has 2 aliphatic rings. The molecule has 1 atom stereocenters. The van der Waals surface area contributed by atoms with Crippen LogP contribution in [0.15, 0.2) is 58.1 Å². The first-order chi connectivity index (χ1) is 17.0. The summed E-state index contributed by atoms with van der Waals surface area (Å²) in [5.41, 5.74) is 8.58. The summed E-state index contributed by atoms with van der Waals surface area (Å²) in [4.78, 5) is 17.6. The molecule has 7 nitrogen and oxygen atoms in total. The second-order valence-electron chi connectivity index (χ2n) is 8.18. The lowest BCUT2D eigenvalue weighted by Crippen LogP contribution is -2.27. The Balaban J connectivity index is 1.76. The number of fused-ring (bicyclic) bond motifs is 1. The minimum absolute atomic E-state index is 0.0101. The van der Waals surface area contributed by atoms with Gasteiger partial charge in [0, 0.05) is 11.3 Å². The summed E-state index contributed by atoms with van der Waals surface area (Å²) in [6, 6.07) is 11.9. The maximum absolute atomic E-state index is 14.8. The Hall–Kier alpha value is -3.82. The first kappa shape index (κ1) is 24.3. The van der Waals surface area contributed by atoms with Crippen molar-refractivity contribution in [1.82, 2.24) is 4.98 Å². The number of hydrogen-bond acceptors (Lipinski definition) is 8. The van der Waals surface area contributed by atoms with Gasteiger partial charge in [0.15, 0.2) is 0 Å². The Labute approximate surface area is 207 Å². The summed E-state index contributed by atoms with van der Waals surface area (Å²) < 4.78 is 25.5. The maximum Gasteiger partial charge on any atom is 0.338 e. The number of benzene rings is 1. The molecular formula is C26H23FN4O3S. The van der Waals surface area contributed by atoms with Gasteiger partial charge in [-0.05, 0) is 43.4 Å².